The van der Waals surface area contributed by atoms with Gasteiger partial charge < -0.3 is 24.3 Å². The number of ether oxygens (including phenoxy) is 4. The van der Waals surface area contributed by atoms with Gasteiger partial charge in [-0.05, 0) is 61.0 Å². The van der Waals surface area contributed by atoms with Gasteiger partial charge in [0.05, 0.1) is 39.1 Å². The molecule has 0 radical (unpaired) electrons. The number of nitrogens with zero attached hydrogens (tertiary/aromatic N) is 1. The van der Waals surface area contributed by atoms with E-state index in [1.807, 2.05) is 6.07 Å². The first-order valence-electron chi connectivity index (χ1n) is 11.3. The lowest BCUT2D eigenvalue weighted by Gasteiger charge is -2.11. The maximum Gasteiger partial charge on any atom is 0.343 e. The summed E-state index contributed by atoms with van der Waals surface area (Å²) in [6.45, 7) is 1.87. The molecule has 2 N–H and O–H groups in total. The van der Waals surface area contributed by atoms with Crippen LogP contribution in [0.2, 0.25) is 0 Å². The molecular formula is C27H27N3O7. The summed E-state index contributed by atoms with van der Waals surface area (Å²) in [5.74, 6) is 0.00690. The zero-order valence-electron chi connectivity index (χ0n) is 20.6. The Hall–Kier alpha value is -4.86. The Morgan fingerprint density at radius 1 is 0.838 bits per heavy atom. The van der Waals surface area contributed by atoms with Gasteiger partial charge in [-0.15, -0.1) is 0 Å². The fraction of sp³-hybridized carbons (Fsp3) is 0.185. The monoisotopic (exact) mass is 505 g/mol. The molecule has 0 aliphatic carbocycles. The molecule has 10 nitrogen and oxygen atoms in total. The molecular weight excluding hydrogens is 478 g/mol. The first-order valence-corrected chi connectivity index (χ1v) is 11.3. The fourth-order valence-corrected chi connectivity index (χ4v) is 3.15. The minimum absolute atomic E-state index is 0.259. The van der Waals surface area contributed by atoms with E-state index in [1.165, 1.54) is 26.5 Å². The molecule has 3 rings (SSSR count). The van der Waals surface area contributed by atoms with Crippen molar-refractivity contribution in [1.82, 2.24) is 10.7 Å². The second-order valence-corrected chi connectivity index (χ2v) is 7.44. The average molecular weight is 506 g/mol. The number of hydrogen-bond acceptors (Lipinski definition) is 8. The molecule has 37 heavy (non-hydrogen) atoms. The first kappa shape index (κ1) is 26.7. The maximum absolute atomic E-state index is 12.4. The van der Waals surface area contributed by atoms with Crippen LogP contribution in [-0.4, -0.2) is 51.4 Å². The van der Waals surface area contributed by atoms with Crippen LogP contribution in [0.5, 0.6) is 23.0 Å². The Morgan fingerprint density at radius 3 is 2.27 bits per heavy atom. The molecule has 2 amide bonds. The highest BCUT2D eigenvalue weighted by Crippen LogP contribution is 2.29. The van der Waals surface area contributed by atoms with Crippen molar-refractivity contribution in [1.29, 1.82) is 0 Å². The van der Waals surface area contributed by atoms with Gasteiger partial charge in [0.25, 0.3) is 11.8 Å². The number of benzene rings is 3. The zero-order valence-corrected chi connectivity index (χ0v) is 20.6. The first-order chi connectivity index (χ1) is 17.9. The molecule has 0 heterocycles. The van der Waals surface area contributed by atoms with Crippen LogP contribution in [0.3, 0.4) is 0 Å². The molecule has 0 aromatic heterocycles. The summed E-state index contributed by atoms with van der Waals surface area (Å²) < 4.78 is 21.4. The van der Waals surface area contributed by atoms with Gasteiger partial charge in [-0.25, -0.2) is 10.2 Å². The molecule has 192 valence electrons. The summed E-state index contributed by atoms with van der Waals surface area (Å²) in [6, 6.07) is 18.2. The van der Waals surface area contributed by atoms with Crippen LogP contribution >= 0.6 is 0 Å². The third-order valence-electron chi connectivity index (χ3n) is 4.94. The number of amides is 2. The molecule has 0 aliphatic rings. The number of esters is 1. The Balaban J connectivity index is 1.56. The van der Waals surface area contributed by atoms with Gasteiger partial charge in [0.1, 0.15) is 0 Å². The van der Waals surface area contributed by atoms with E-state index in [9.17, 15) is 14.4 Å². The highest BCUT2D eigenvalue weighted by molar-refractivity contribution is 5.97. The second kappa shape index (κ2) is 13.3. The van der Waals surface area contributed by atoms with Gasteiger partial charge in [0.15, 0.2) is 23.0 Å². The van der Waals surface area contributed by atoms with Gasteiger partial charge in [-0.1, -0.05) is 18.2 Å². The lowest BCUT2D eigenvalue weighted by Crippen LogP contribution is -2.34. The van der Waals surface area contributed by atoms with Crippen molar-refractivity contribution in [3.63, 3.8) is 0 Å². The lowest BCUT2D eigenvalue weighted by atomic mass is 10.2. The SMILES string of the molecule is CCOc1cc(/C=N/NC(=O)CNC(=O)c2ccc(OC)c(OC)c2)ccc1OC(=O)c1ccccc1. The van der Waals surface area contributed by atoms with E-state index in [4.69, 9.17) is 18.9 Å². The van der Waals surface area contributed by atoms with Gasteiger partial charge in [0.2, 0.25) is 0 Å². The number of carbonyl (C=O) groups excluding carboxylic acids is 3. The topological polar surface area (TPSA) is 125 Å². The van der Waals surface area contributed by atoms with E-state index in [0.29, 0.717) is 40.5 Å². The second-order valence-electron chi connectivity index (χ2n) is 7.44. The van der Waals surface area contributed by atoms with Crippen molar-refractivity contribution in [2.24, 2.45) is 5.10 Å². The predicted molar refractivity (Wildman–Crippen MR) is 137 cm³/mol. The number of carbonyl (C=O) groups is 3. The zero-order chi connectivity index (χ0) is 26.6. The lowest BCUT2D eigenvalue weighted by molar-refractivity contribution is -0.120. The molecule has 0 fully saturated rings. The molecule has 0 bridgehead atoms. The highest BCUT2D eigenvalue weighted by atomic mass is 16.6. The van der Waals surface area contributed by atoms with Crippen LogP contribution in [0.15, 0.2) is 71.8 Å². The van der Waals surface area contributed by atoms with E-state index in [0.717, 1.165) is 0 Å². The summed E-state index contributed by atoms with van der Waals surface area (Å²) in [4.78, 5) is 36.8. The van der Waals surface area contributed by atoms with Gasteiger partial charge in [0, 0.05) is 5.56 Å². The molecule has 0 saturated carbocycles. The molecule has 0 atom stereocenters. The van der Waals surface area contributed by atoms with Crippen LogP contribution in [0.1, 0.15) is 33.2 Å². The highest BCUT2D eigenvalue weighted by Gasteiger charge is 2.14. The Bertz CT molecular complexity index is 1280. The summed E-state index contributed by atoms with van der Waals surface area (Å²) in [7, 11) is 2.96. The van der Waals surface area contributed by atoms with Crippen molar-refractivity contribution in [2.75, 3.05) is 27.4 Å². The number of rotatable bonds is 11. The van der Waals surface area contributed by atoms with Gasteiger partial charge >= 0.3 is 5.97 Å². The predicted octanol–water partition coefficient (Wildman–Crippen LogP) is 3.20. The van der Waals surface area contributed by atoms with Crippen LogP contribution in [-0.2, 0) is 4.79 Å². The number of methoxy groups -OCH3 is 2. The maximum atomic E-state index is 12.4. The third kappa shape index (κ3) is 7.56. The molecule has 3 aromatic rings. The Morgan fingerprint density at radius 2 is 1.57 bits per heavy atom. The van der Waals surface area contributed by atoms with E-state index in [1.54, 1.807) is 61.5 Å². The minimum Gasteiger partial charge on any atom is -0.493 e. The minimum atomic E-state index is -0.525. The normalized spacial score (nSPS) is 10.5. The number of hydrogen-bond donors (Lipinski definition) is 2. The van der Waals surface area contributed by atoms with E-state index in [2.05, 4.69) is 15.8 Å². The average Bonchev–Trinajstić information content (AvgIpc) is 2.93. The van der Waals surface area contributed by atoms with E-state index < -0.39 is 17.8 Å². The summed E-state index contributed by atoms with van der Waals surface area (Å²) >= 11 is 0. The van der Waals surface area contributed by atoms with E-state index in [-0.39, 0.29) is 12.3 Å². The van der Waals surface area contributed by atoms with Crippen LogP contribution in [0.25, 0.3) is 0 Å². The molecule has 0 spiro atoms. The van der Waals surface area contributed by atoms with Crippen molar-refractivity contribution in [2.45, 2.75) is 6.92 Å². The summed E-state index contributed by atoms with van der Waals surface area (Å²) in [5, 5.41) is 6.42. The quantitative estimate of drug-likeness (QED) is 0.177. The Kier molecular flexibility index (Phi) is 9.60. The van der Waals surface area contributed by atoms with Crippen LogP contribution in [0, 0.1) is 0 Å². The van der Waals surface area contributed by atoms with E-state index >= 15 is 0 Å². The largest absolute Gasteiger partial charge is 0.493 e. The summed E-state index contributed by atoms with van der Waals surface area (Å²) in [6.07, 6.45) is 1.40. The van der Waals surface area contributed by atoms with Crippen molar-refractivity contribution < 1.29 is 33.3 Å². The van der Waals surface area contributed by atoms with Crippen LogP contribution in [0.4, 0.5) is 0 Å². The fourth-order valence-electron chi connectivity index (χ4n) is 3.15. The third-order valence-corrected chi connectivity index (χ3v) is 4.94. The number of hydrazone groups is 1. The van der Waals surface area contributed by atoms with Crippen LogP contribution < -0.4 is 29.7 Å². The molecule has 0 unspecified atom stereocenters. The Labute approximate surface area is 214 Å². The molecule has 10 heteroatoms. The molecule has 0 aliphatic heterocycles. The summed E-state index contributed by atoms with van der Waals surface area (Å²) in [5.41, 5.74) is 3.66. The molecule has 0 saturated heterocycles. The smallest absolute Gasteiger partial charge is 0.343 e. The standard InChI is InChI=1S/C27H27N3O7/c1-4-36-24-14-18(10-12-22(24)37-27(33)19-8-6-5-7-9-19)16-29-30-25(31)17-28-26(32)20-11-13-21(34-2)23(15-20)35-3/h5-16H,4,17H2,1-3H3,(H,28,32)(H,30,31)/b29-16+. The van der Waals surface area contributed by atoms with Crippen molar-refractivity contribution >= 4 is 24.0 Å². The van der Waals surface area contributed by atoms with Crippen molar-refractivity contribution in [3.05, 3.63) is 83.4 Å². The van der Waals surface area contributed by atoms with Crippen molar-refractivity contribution in [3.8, 4) is 23.0 Å². The van der Waals surface area contributed by atoms with Gasteiger partial charge in [-0.3, -0.25) is 9.59 Å². The molecule has 3 aromatic carbocycles. The van der Waals surface area contributed by atoms with Gasteiger partial charge in [-0.2, -0.15) is 5.10 Å². The number of nitrogens with one attached hydrogen (secondary N) is 2.